The summed E-state index contributed by atoms with van der Waals surface area (Å²) in [6.45, 7) is 8.90. The van der Waals surface area contributed by atoms with Crippen molar-refractivity contribution in [1.29, 1.82) is 0 Å². The summed E-state index contributed by atoms with van der Waals surface area (Å²) in [7, 11) is 2.22. The maximum atomic E-state index is 11.6. The Morgan fingerprint density at radius 3 is 2.00 bits per heavy atom. The quantitative estimate of drug-likeness (QED) is 0.593. The van der Waals surface area contributed by atoms with Gasteiger partial charge in [-0.05, 0) is 27.7 Å². The average Bonchev–Trinajstić information content (AvgIpc) is 2.12. The molecule has 1 heterocycles. The predicted molar refractivity (Wildman–Crippen MR) is 75.8 cm³/mol. The highest BCUT2D eigenvalue weighted by Gasteiger charge is 2.48. The summed E-state index contributed by atoms with van der Waals surface area (Å²) in [5.74, 6) is -0.235. The molecule has 3 nitrogen and oxygen atoms in total. The fourth-order valence-electron chi connectivity index (χ4n) is 2.73. The lowest BCUT2D eigenvalue weighted by atomic mass is 9.79. The lowest BCUT2D eigenvalue weighted by Gasteiger charge is -2.49. The predicted octanol–water partition coefficient (Wildman–Crippen LogP) is 1.88. The molecule has 1 aliphatic heterocycles. The molecule has 0 aromatic rings. The summed E-state index contributed by atoms with van der Waals surface area (Å²) in [6.07, 6.45) is 1.82. The third-order valence-corrected chi connectivity index (χ3v) is 4.71. The number of esters is 1. The number of rotatable bonds is 2. The molecule has 1 saturated heterocycles. The van der Waals surface area contributed by atoms with Crippen LogP contribution in [0.25, 0.3) is 0 Å². The van der Waals surface area contributed by atoms with Crippen molar-refractivity contribution in [2.75, 3.05) is 7.05 Å². The van der Waals surface area contributed by atoms with Gasteiger partial charge in [-0.1, -0.05) is 31.9 Å². The van der Waals surface area contributed by atoms with Gasteiger partial charge in [0.15, 0.2) is 3.74 Å². The minimum atomic E-state index is -0.409. The molecule has 0 aliphatic carbocycles. The number of hydrogen-bond acceptors (Lipinski definition) is 2. The second-order valence-corrected chi connectivity index (χ2v) is 9.22. The van der Waals surface area contributed by atoms with Crippen molar-refractivity contribution in [3.63, 3.8) is 0 Å². The molecule has 5 heteroatoms. The molecule has 1 aliphatic rings. The second-order valence-electron chi connectivity index (χ2n) is 6.16. The first-order valence-corrected chi connectivity index (χ1v) is 7.72. The van der Waals surface area contributed by atoms with Crippen LogP contribution in [-0.4, -0.2) is 33.9 Å². The molecule has 0 radical (unpaired) electrons. The van der Waals surface area contributed by atoms with Gasteiger partial charge < -0.3 is 9.64 Å². The minimum absolute atomic E-state index is 0.00815. The van der Waals surface area contributed by atoms with Crippen molar-refractivity contribution in [3.8, 4) is 0 Å². The van der Waals surface area contributed by atoms with Crippen molar-refractivity contribution < 1.29 is 14.4 Å². The van der Waals surface area contributed by atoms with Crippen LogP contribution in [0.3, 0.4) is 0 Å². The standard InChI is InChI=1S/C12H21Br2NO2/c1-11(2)6-8(17-10(16)9(13)14)7-12(3,4)15(11)5/h8-9H,6-7H2,1-5H3/p+1. The van der Waals surface area contributed by atoms with Crippen LogP contribution in [0.15, 0.2) is 0 Å². The van der Waals surface area contributed by atoms with E-state index in [0.717, 1.165) is 12.8 Å². The number of quaternary nitrogens is 1. The topological polar surface area (TPSA) is 30.7 Å². The average molecular weight is 372 g/mol. The lowest BCUT2D eigenvalue weighted by Crippen LogP contribution is -3.24. The lowest BCUT2D eigenvalue weighted by molar-refractivity contribution is -0.983. The number of nitrogens with one attached hydrogen (secondary N) is 1. The van der Waals surface area contributed by atoms with E-state index in [1.807, 2.05) is 0 Å². The summed E-state index contributed by atoms with van der Waals surface area (Å²) < 4.78 is 5.12. The Kier molecular flexibility index (Phi) is 4.70. The molecular formula is C12H22Br2NO2+. The molecule has 0 amide bonds. The van der Waals surface area contributed by atoms with E-state index in [4.69, 9.17) is 4.74 Å². The first-order chi connectivity index (χ1) is 7.56. The summed E-state index contributed by atoms with van der Waals surface area (Å²) in [4.78, 5) is 13.1. The Hall–Kier alpha value is 0.390. The molecule has 0 aromatic heterocycles. The van der Waals surface area contributed by atoms with Gasteiger partial charge in [-0.3, -0.25) is 0 Å². The van der Waals surface area contributed by atoms with E-state index in [1.54, 1.807) is 0 Å². The minimum Gasteiger partial charge on any atom is -0.460 e. The Morgan fingerprint density at radius 2 is 1.65 bits per heavy atom. The molecule has 0 spiro atoms. The van der Waals surface area contributed by atoms with Crippen LogP contribution in [0, 0.1) is 0 Å². The van der Waals surface area contributed by atoms with E-state index in [1.165, 1.54) is 4.90 Å². The summed E-state index contributed by atoms with van der Waals surface area (Å²) in [6, 6.07) is 0. The summed E-state index contributed by atoms with van der Waals surface area (Å²) in [5.41, 5.74) is 0.252. The highest BCUT2D eigenvalue weighted by Crippen LogP contribution is 2.26. The Morgan fingerprint density at radius 1 is 1.24 bits per heavy atom. The highest BCUT2D eigenvalue weighted by molar-refractivity contribution is 9.25. The van der Waals surface area contributed by atoms with Crippen molar-refractivity contribution >= 4 is 37.8 Å². The van der Waals surface area contributed by atoms with Crippen molar-refractivity contribution in [3.05, 3.63) is 0 Å². The Bertz CT molecular complexity index is 285. The molecule has 0 saturated carbocycles. The Balaban J connectivity index is 2.75. The molecule has 17 heavy (non-hydrogen) atoms. The second kappa shape index (κ2) is 5.17. The van der Waals surface area contributed by atoms with Crippen LogP contribution in [0.2, 0.25) is 0 Å². The zero-order valence-electron chi connectivity index (χ0n) is 11.1. The van der Waals surface area contributed by atoms with Crippen molar-refractivity contribution in [1.82, 2.24) is 0 Å². The van der Waals surface area contributed by atoms with E-state index in [9.17, 15) is 4.79 Å². The van der Waals surface area contributed by atoms with Gasteiger partial charge in [0.1, 0.15) is 6.10 Å². The smallest absolute Gasteiger partial charge is 0.330 e. The third-order valence-electron chi connectivity index (χ3n) is 3.97. The monoisotopic (exact) mass is 370 g/mol. The molecule has 100 valence electrons. The number of carbonyl (C=O) groups is 1. The highest BCUT2D eigenvalue weighted by atomic mass is 79.9. The van der Waals surface area contributed by atoms with Crippen LogP contribution in [0.1, 0.15) is 40.5 Å². The van der Waals surface area contributed by atoms with Crippen LogP contribution in [0.4, 0.5) is 0 Å². The van der Waals surface area contributed by atoms with E-state index < -0.39 is 3.74 Å². The molecule has 0 unspecified atom stereocenters. The zero-order valence-corrected chi connectivity index (χ0v) is 14.3. The largest absolute Gasteiger partial charge is 0.460 e. The number of carbonyl (C=O) groups excluding carboxylic acids is 1. The van der Waals surface area contributed by atoms with E-state index in [-0.39, 0.29) is 23.2 Å². The van der Waals surface area contributed by atoms with Crippen LogP contribution >= 0.6 is 31.9 Å². The molecule has 1 fully saturated rings. The van der Waals surface area contributed by atoms with Gasteiger partial charge in [-0.15, -0.1) is 0 Å². The van der Waals surface area contributed by atoms with Crippen molar-refractivity contribution in [2.45, 2.75) is 61.5 Å². The van der Waals surface area contributed by atoms with Crippen LogP contribution in [0.5, 0.6) is 0 Å². The number of likely N-dealkylation sites (tertiary alicyclic amines) is 1. The maximum Gasteiger partial charge on any atom is 0.330 e. The number of alkyl halides is 2. The van der Waals surface area contributed by atoms with Gasteiger partial charge in [0.05, 0.1) is 18.1 Å². The molecule has 0 bridgehead atoms. The van der Waals surface area contributed by atoms with E-state index in [2.05, 4.69) is 66.6 Å². The van der Waals surface area contributed by atoms with Gasteiger partial charge in [-0.2, -0.15) is 0 Å². The molecule has 0 atom stereocenters. The van der Waals surface area contributed by atoms with Crippen LogP contribution in [-0.2, 0) is 9.53 Å². The van der Waals surface area contributed by atoms with Crippen molar-refractivity contribution in [2.24, 2.45) is 0 Å². The van der Waals surface area contributed by atoms with Gasteiger partial charge >= 0.3 is 5.97 Å². The van der Waals surface area contributed by atoms with Gasteiger partial charge in [0.2, 0.25) is 0 Å². The fourth-order valence-corrected chi connectivity index (χ4v) is 2.95. The molecule has 1 rings (SSSR count). The molecule has 1 N–H and O–H groups in total. The SMILES string of the molecule is C[NH+]1C(C)(C)CC(OC(=O)C(Br)Br)CC1(C)C. The summed E-state index contributed by atoms with van der Waals surface area (Å²) in [5, 5.41) is 0. The van der Waals surface area contributed by atoms with Gasteiger partial charge in [-0.25, -0.2) is 4.79 Å². The summed E-state index contributed by atoms with van der Waals surface area (Å²) >= 11 is 6.34. The zero-order chi connectivity index (χ0) is 13.4. The normalized spacial score (nSPS) is 31.3. The van der Waals surface area contributed by atoms with Gasteiger partial charge in [0.25, 0.3) is 0 Å². The van der Waals surface area contributed by atoms with Crippen LogP contribution < -0.4 is 4.90 Å². The Labute approximate surface area is 121 Å². The van der Waals surface area contributed by atoms with E-state index >= 15 is 0 Å². The molecule has 0 aromatic carbocycles. The molecular weight excluding hydrogens is 350 g/mol. The maximum absolute atomic E-state index is 11.6. The first kappa shape index (κ1) is 15.4. The first-order valence-electron chi connectivity index (χ1n) is 5.89. The number of hydrogen-bond donors (Lipinski definition) is 1. The number of ether oxygens (including phenoxy) is 1. The number of halogens is 2. The fraction of sp³-hybridized carbons (Fsp3) is 0.917. The van der Waals surface area contributed by atoms with E-state index in [0.29, 0.717) is 0 Å². The number of piperidine rings is 1. The third kappa shape index (κ3) is 3.67. The van der Waals surface area contributed by atoms with Gasteiger partial charge in [0, 0.05) is 12.8 Å².